The van der Waals surface area contributed by atoms with Gasteiger partial charge < -0.3 is 15.1 Å². The number of aliphatic hydroxyl groups excluding tert-OH is 2. The molecule has 204 valence electrons. The molecule has 3 aromatic rings. The predicted octanol–water partition coefficient (Wildman–Crippen LogP) is 3.65. The highest BCUT2D eigenvalue weighted by Crippen LogP contribution is 2.46. The Labute approximate surface area is 236 Å². The molecule has 10 heteroatoms. The van der Waals surface area contributed by atoms with Gasteiger partial charge in [-0.05, 0) is 54.3 Å². The molecule has 2 aliphatic heterocycles. The second-order valence-electron chi connectivity index (χ2n) is 9.94. The number of aromatic nitrogens is 1. The van der Waals surface area contributed by atoms with Crippen molar-refractivity contribution in [3.63, 3.8) is 0 Å². The third-order valence-electron chi connectivity index (χ3n) is 7.38. The molecule has 0 bridgehead atoms. The van der Waals surface area contributed by atoms with Crippen molar-refractivity contribution in [3.05, 3.63) is 99.3 Å². The number of rotatable bonds is 9. The number of carbonyl (C=O) groups is 2. The molecule has 3 heterocycles. The molecule has 1 amide bonds. The summed E-state index contributed by atoms with van der Waals surface area (Å²) >= 11 is 12.3. The van der Waals surface area contributed by atoms with Crippen LogP contribution in [0.25, 0.3) is 0 Å². The number of hydrogen-bond acceptors (Lipinski definition) is 7. The van der Waals surface area contributed by atoms with Crippen LogP contribution in [0.3, 0.4) is 0 Å². The fourth-order valence-electron chi connectivity index (χ4n) is 5.30. The van der Waals surface area contributed by atoms with Crippen LogP contribution in [0, 0.1) is 0 Å². The van der Waals surface area contributed by atoms with Gasteiger partial charge in [-0.15, -0.1) is 0 Å². The summed E-state index contributed by atoms with van der Waals surface area (Å²) in [6, 6.07) is 17.9. The summed E-state index contributed by atoms with van der Waals surface area (Å²) in [4.78, 5) is 39.2. The van der Waals surface area contributed by atoms with E-state index >= 15 is 0 Å². The van der Waals surface area contributed by atoms with Gasteiger partial charge >= 0.3 is 0 Å². The lowest BCUT2D eigenvalue weighted by molar-refractivity contribution is -0.180. The van der Waals surface area contributed by atoms with E-state index in [1.54, 1.807) is 42.6 Å². The number of carbonyl (C=O) groups excluding carboxylic acids is 2. The van der Waals surface area contributed by atoms with E-state index < -0.39 is 29.9 Å². The molecule has 1 aromatic heterocycles. The normalized spacial score (nSPS) is 20.7. The van der Waals surface area contributed by atoms with Crippen molar-refractivity contribution in [3.8, 4) is 0 Å². The first kappa shape index (κ1) is 27.7. The van der Waals surface area contributed by atoms with Gasteiger partial charge in [0.05, 0.1) is 11.1 Å². The Morgan fingerprint density at radius 1 is 1.05 bits per heavy atom. The van der Waals surface area contributed by atoms with Gasteiger partial charge in [0, 0.05) is 48.5 Å². The fourth-order valence-corrected chi connectivity index (χ4v) is 5.54. The van der Waals surface area contributed by atoms with Gasteiger partial charge in [-0.2, -0.15) is 0 Å². The lowest BCUT2D eigenvalue weighted by Crippen LogP contribution is -2.48. The zero-order valence-corrected chi connectivity index (χ0v) is 22.7. The molecule has 39 heavy (non-hydrogen) atoms. The maximum atomic E-state index is 13.8. The second-order valence-corrected chi connectivity index (χ2v) is 10.8. The van der Waals surface area contributed by atoms with Crippen LogP contribution in [0.2, 0.25) is 10.0 Å². The highest BCUT2D eigenvalue weighted by atomic mass is 35.5. The van der Waals surface area contributed by atoms with Crippen LogP contribution in [0.15, 0.2) is 66.9 Å². The Kier molecular flexibility index (Phi) is 8.32. The number of ketones is 1. The number of hydroxylamine groups is 2. The lowest BCUT2D eigenvalue weighted by Gasteiger charge is -2.38. The molecule has 0 spiro atoms. The Balaban J connectivity index is 1.46. The molecule has 2 aromatic carbocycles. The number of halogens is 2. The average Bonchev–Trinajstić information content (AvgIpc) is 3.18. The zero-order chi connectivity index (χ0) is 27.6. The summed E-state index contributed by atoms with van der Waals surface area (Å²) in [6.45, 7) is 0.834. The van der Waals surface area contributed by atoms with Crippen LogP contribution >= 0.6 is 23.2 Å². The van der Waals surface area contributed by atoms with Crippen LogP contribution < -0.4 is 0 Å². The summed E-state index contributed by atoms with van der Waals surface area (Å²) in [6.07, 6.45) is 1.33. The maximum Gasteiger partial charge on any atom is 0.279 e. The van der Waals surface area contributed by atoms with E-state index in [9.17, 15) is 19.8 Å². The number of nitrogens with zero attached hydrogens (tertiary/aromatic N) is 3. The topological polar surface area (TPSA) is 103 Å². The molecule has 8 nitrogen and oxygen atoms in total. The minimum absolute atomic E-state index is 0.139. The first-order valence-electron chi connectivity index (χ1n) is 12.8. The Bertz CT molecular complexity index is 1330. The maximum absolute atomic E-state index is 13.8. The molecule has 2 aliphatic rings. The molecule has 1 fully saturated rings. The molecular formula is C29H29Cl2N3O5. The number of piperidine rings is 1. The van der Waals surface area contributed by atoms with Crippen molar-refractivity contribution in [1.29, 1.82) is 0 Å². The highest BCUT2D eigenvalue weighted by Gasteiger charge is 2.52. The van der Waals surface area contributed by atoms with Gasteiger partial charge in [-0.1, -0.05) is 53.5 Å². The summed E-state index contributed by atoms with van der Waals surface area (Å²) in [5.74, 6) is -0.943. The van der Waals surface area contributed by atoms with Crippen LogP contribution in [-0.4, -0.2) is 75.3 Å². The van der Waals surface area contributed by atoms with E-state index in [1.807, 2.05) is 29.2 Å². The quantitative estimate of drug-likeness (QED) is 0.405. The van der Waals surface area contributed by atoms with Crippen LogP contribution in [0.4, 0.5) is 0 Å². The molecule has 5 rings (SSSR count). The first-order valence-corrected chi connectivity index (χ1v) is 13.6. The zero-order valence-electron chi connectivity index (χ0n) is 21.2. The Morgan fingerprint density at radius 2 is 1.74 bits per heavy atom. The second kappa shape index (κ2) is 11.7. The smallest absolute Gasteiger partial charge is 0.279 e. The van der Waals surface area contributed by atoms with Crippen molar-refractivity contribution < 1.29 is 24.6 Å². The molecule has 0 radical (unpaired) electrons. The van der Waals surface area contributed by atoms with E-state index in [-0.39, 0.29) is 19.1 Å². The van der Waals surface area contributed by atoms with Gasteiger partial charge in [-0.25, -0.2) is 5.06 Å². The van der Waals surface area contributed by atoms with Crippen LogP contribution in [0.1, 0.15) is 40.0 Å². The molecule has 2 atom stereocenters. The highest BCUT2D eigenvalue weighted by molar-refractivity contribution is 6.30. The molecule has 1 saturated heterocycles. The SMILES string of the molecule is O=C(CON1C(=O)c2ccccc2[C@@]1(Cc1ccc(Cl)cn1)c1ccc(Cl)cc1)C(O)CN1CCC(O)CC1. The van der Waals surface area contributed by atoms with Gasteiger partial charge in [-0.3, -0.25) is 19.4 Å². The number of aliphatic hydroxyl groups is 2. The fraction of sp³-hybridized carbons (Fsp3) is 0.345. The van der Waals surface area contributed by atoms with Gasteiger partial charge in [0.1, 0.15) is 18.2 Å². The standard InChI is InChI=1S/C29H29Cl2N3O5/c30-20-7-5-19(6-8-20)29(15-22-10-9-21(31)16-32-22)25-4-2-1-3-24(25)28(38)34(29)39-18-27(37)26(36)17-33-13-11-23(35)12-14-33/h1-10,16,23,26,35-36H,11-15,17-18H2/t26?,29-/m1/s1. The third kappa shape index (κ3) is 5.72. The summed E-state index contributed by atoms with van der Waals surface area (Å²) < 4.78 is 0. The van der Waals surface area contributed by atoms with E-state index in [4.69, 9.17) is 28.0 Å². The average molecular weight is 570 g/mol. The number of hydrogen-bond donors (Lipinski definition) is 2. The molecule has 0 aliphatic carbocycles. The number of amides is 1. The molecule has 1 unspecified atom stereocenters. The molecule has 0 saturated carbocycles. The van der Waals surface area contributed by atoms with Crippen molar-refractivity contribution in [2.45, 2.75) is 37.0 Å². The van der Waals surface area contributed by atoms with Crippen LogP contribution in [0.5, 0.6) is 0 Å². The number of fused-ring (bicyclic) bond motifs is 1. The largest absolute Gasteiger partial charge is 0.393 e. The summed E-state index contributed by atoms with van der Waals surface area (Å²) in [5.41, 5.74) is 1.37. The lowest BCUT2D eigenvalue weighted by atomic mass is 9.79. The minimum Gasteiger partial charge on any atom is -0.393 e. The third-order valence-corrected chi connectivity index (χ3v) is 7.85. The molecule has 2 N–H and O–H groups in total. The van der Waals surface area contributed by atoms with Crippen molar-refractivity contribution in [2.75, 3.05) is 26.2 Å². The molecular weight excluding hydrogens is 541 g/mol. The monoisotopic (exact) mass is 569 g/mol. The number of likely N-dealkylation sites (tertiary alicyclic amines) is 1. The van der Waals surface area contributed by atoms with E-state index in [2.05, 4.69) is 4.98 Å². The number of benzene rings is 2. The Hall–Kier alpha value is -2.85. The number of pyridine rings is 1. The Morgan fingerprint density at radius 3 is 2.44 bits per heavy atom. The van der Waals surface area contributed by atoms with Crippen molar-refractivity contribution in [2.24, 2.45) is 0 Å². The van der Waals surface area contributed by atoms with E-state index in [1.165, 1.54) is 5.06 Å². The van der Waals surface area contributed by atoms with E-state index in [0.29, 0.717) is 52.8 Å². The van der Waals surface area contributed by atoms with Crippen molar-refractivity contribution in [1.82, 2.24) is 14.9 Å². The summed E-state index contributed by atoms with van der Waals surface area (Å²) in [7, 11) is 0. The minimum atomic E-state index is -1.29. The summed E-state index contributed by atoms with van der Waals surface area (Å²) in [5, 5.41) is 22.6. The van der Waals surface area contributed by atoms with Gasteiger partial charge in [0.25, 0.3) is 5.91 Å². The van der Waals surface area contributed by atoms with Gasteiger partial charge in [0.2, 0.25) is 0 Å². The van der Waals surface area contributed by atoms with Crippen LogP contribution in [-0.2, 0) is 21.6 Å². The first-order chi connectivity index (χ1) is 18.8. The number of β-amino-alcohol motifs (C(OH)–C–C–N with tert-alkyl or cyclic N) is 1. The van der Waals surface area contributed by atoms with Gasteiger partial charge in [0.15, 0.2) is 5.78 Å². The van der Waals surface area contributed by atoms with Crippen molar-refractivity contribution >= 4 is 34.9 Å². The predicted molar refractivity (Wildman–Crippen MR) is 146 cm³/mol. The number of Topliss-reactive ketones (excluding diaryl/α,β-unsaturated/α-hetero) is 1. The van der Waals surface area contributed by atoms with E-state index in [0.717, 1.165) is 5.56 Å².